The van der Waals surface area contributed by atoms with Crippen LogP contribution in [0.25, 0.3) is 0 Å². The summed E-state index contributed by atoms with van der Waals surface area (Å²) in [5.41, 5.74) is -0.399. The van der Waals surface area contributed by atoms with Gasteiger partial charge in [-0.2, -0.15) is 0 Å². The van der Waals surface area contributed by atoms with Crippen molar-refractivity contribution >= 4 is 0 Å². The van der Waals surface area contributed by atoms with Crippen LogP contribution < -0.4 is 0 Å². The molecule has 0 spiro atoms. The lowest BCUT2D eigenvalue weighted by Gasteiger charge is -2.36. The predicted molar refractivity (Wildman–Crippen MR) is 76.9 cm³/mol. The van der Waals surface area contributed by atoms with E-state index in [0.29, 0.717) is 0 Å². The lowest BCUT2D eigenvalue weighted by molar-refractivity contribution is 0.178. The quantitative estimate of drug-likeness (QED) is 0.614. The Morgan fingerprint density at radius 1 is 1.33 bits per heavy atom. The summed E-state index contributed by atoms with van der Waals surface area (Å²) in [4.78, 5) is 0. The van der Waals surface area contributed by atoms with E-state index in [-0.39, 0.29) is 30.1 Å². The minimum atomic E-state index is -0.399. The lowest BCUT2D eigenvalue weighted by Crippen LogP contribution is -2.35. The van der Waals surface area contributed by atoms with Crippen LogP contribution in [0, 0.1) is 77.5 Å². The van der Waals surface area contributed by atoms with E-state index in [2.05, 4.69) is 49.4 Å². The minimum absolute atomic E-state index is 0.0559. The molecule has 0 radical (unpaired) electrons. The highest BCUT2D eigenvalue weighted by atomic mass is 14.5. The van der Waals surface area contributed by atoms with Crippen LogP contribution in [0.1, 0.15) is 35.5 Å². The zero-order valence-electron chi connectivity index (χ0n) is 12.5. The first-order valence-electron chi connectivity index (χ1n) is 6.83. The first-order chi connectivity index (χ1) is 8.97. The normalized spacial score (nSPS) is 38.5. The molecule has 0 N–H and O–H groups in total. The second-order valence-corrected chi connectivity index (χ2v) is 5.02. The Balaban J connectivity index is 3.44. The Hall–Kier alpha value is -1.76. The van der Waals surface area contributed by atoms with Gasteiger partial charge in [-0.3, -0.25) is 0 Å². The molecule has 1 fully saturated rings. The molecule has 0 heteroatoms. The number of rotatable bonds is 1. The third-order valence-corrected chi connectivity index (χ3v) is 3.94. The van der Waals surface area contributed by atoms with E-state index >= 15 is 0 Å². The second-order valence-electron chi connectivity index (χ2n) is 5.02. The van der Waals surface area contributed by atoms with Gasteiger partial charge in [0.25, 0.3) is 0 Å². The maximum absolute atomic E-state index is 8.40. The molecule has 1 rings (SSSR count). The molecule has 0 heterocycles. The minimum Gasteiger partial charge on any atom is -0.119 e. The van der Waals surface area contributed by atoms with Gasteiger partial charge in [0.05, 0.1) is 11.3 Å². The fourth-order valence-corrected chi connectivity index (χ4v) is 3.06. The Morgan fingerprint density at radius 2 is 2.00 bits per heavy atom. The van der Waals surface area contributed by atoms with Gasteiger partial charge in [0.1, 0.15) is 0 Å². The number of terminal acetylenes is 2. The van der Waals surface area contributed by atoms with Crippen molar-refractivity contribution in [3.63, 3.8) is 0 Å². The average molecular weight is 237 g/mol. The van der Waals surface area contributed by atoms with E-state index in [0.717, 1.165) is 0 Å². The van der Waals surface area contributed by atoms with Crippen molar-refractivity contribution < 1.29 is 1.37 Å². The maximum atomic E-state index is 8.40. The molecule has 18 heavy (non-hydrogen) atoms. The van der Waals surface area contributed by atoms with Gasteiger partial charge in [-0.05, 0) is 37.0 Å². The third-order valence-electron chi connectivity index (χ3n) is 3.94. The van der Waals surface area contributed by atoms with E-state index in [1.807, 2.05) is 6.92 Å². The highest BCUT2D eigenvalue weighted by Crippen LogP contribution is 2.54. The van der Waals surface area contributed by atoms with Gasteiger partial charge >= 0.3 is 0 Å². The predicted octanol–water partition coefficient (Wildman–Crippen LogP) is 3.19. The largest absolute Gasteiger partial charge is 0.119 e. The van der Waals surface area contributed by atoms with Crippen molar-refractivity contribution in [3.8, 4) is 48.4 Å². The molecule has 0 aromatic rings. The Morgan fingerprint density at radius 3 is 2.44 bits per heavy atom. The van der Waals surface area contributed by atoms with Crippen LogP contribution in [0.3, 0.4) is 0 Å². The zero-order valence-corrected chi connectivity index (χ0v) is 11.5. The lowest BCUT2D eigenvalue weighted by atomic mass is 9.65. The number of hydrogen-bond donors (Lipinski definition) is 0. The van der Waals surface area contributed by atoms with Crippen molar-refractivity contribution in [1.82, 2.24) is 0 Å². The van der Waals surface area contributed by atoms with Gasteiger partial charge in [0.15, 0.2) is 0 Å². The summed E-state index contributed by atoms with van der Waals surface area (Å²) in [6, 6.07) is 0. The molecule has 1 aliphatic rings. The first kappa shape index (κ1) is 12.7. The molecular weight excluding hydrogens is 216 g/mol. The average Bonchev–Trinajstić information content (AvgIpc) is 2.58. The molecule has 0 aliphatic heterocycles. The van der Waals surface area contributed by atoms with Crippen LogP contribution in [0.2, 0.25) is 0 Å². The van der Waals surface area contributed by atoms with Gasteiger partial charge in [-0.25, -0.2) is 0 Å². The summed E-state index contributed by atoms with van der Waals surface area (Å²) in [7, 11) is 0. The van der Waals surface area contributed by atoms with Gasteiger partial charge in [0, 0.05) is 7.29 Å². The Labute approximate surface area is 113 Å². The molecule has 0 saturated heterocycles. The van der Waals surface area contributed by atoms with E-state index in [4.69, 9.17) is 14.2 Å². The maximum Gasteiger partial charge on any atom is 0.0511 e. The summed E-state index contributed by atoms with van der Waals surface area (Å²) in [6.07, 6.45) is 10.7. The van der Waals surface area contributed by atoms with Crippen LogP contribution in [0.15, 0.2) is 0 Å². The highest BCUT2D eigenvalue weighted by molar-refractivity contribution is 5.32. The molecular formula is C18H20. The summed E-state index contributed by atoms with van der Waals surface area (Å²) >= 11 is 0. The van der Waals surface area contributed by atoms with E-state index in [1.165, 1.54) is 0 Å². The fraction of sp³-hybridized carbons (Fsp3) is 0.556. The summed E-state index contributed by atoms with van der Waals surface area (Å²) < 4.78 is 8.40. The fourth-order valence-electron chi connectivity index (χ4n) is 3.06. The molecule has 0 aromatic carbocycles. The highest BCUT2D eigenvalue weighted by Gasteiger charge is 2.53. The van der Waals surface area contributed by atoms with E-state index in [1.54, 1.807) is 6.92 Å². The topological polar surface area (TPSA) is 0 Å². The smallest absolute Gasteiger partial charge is 0.0511 e. The standard InChI is InChI=1S/C18H20/c1-7-10-12-16-13-15(6)18(9-3,14(4)5)17(16)11-8-2/h1,3,14-17H,13H2,2,4-6H3/i13D. The monoisotopic (exact) mass is 237 g/mol. The van der Waals surface area contributed by atoms with E-state index in [9.17, 15) is 0 Å². The summed E-state index contributed by atoms with van der Waals surface area (Å²) in [5.74, 6) is 17.2. The van der Waals surface area contributed by atoms with Crippen molar-refractivity contribution in [2.45, 2.75) is 34.1 Å². The van der Waals surface area contributed by atoms with Crippen molar-refractivity contribution in [3.05, 3.63) is 0 Å². The first-order valence-corrected chi connectivity index (χ1v) is 6.25. The van der Waals surface area contributed by atoms with Crippen LogP contribution in [0.5, 0.6) is 0 Å². The Kier molecular flexibility index (Phi) is 4.03. The van der Waals surface area contributed by atoms with Crippen molar-refractivity contribution in [2.75, 3.05) is 0 Å². The summed E-state index contributed by atoms with van der Waals surface area (Å²) in [5, 5.41) is 0. The molecule has 1 aliphatic carbocycles. The van der Waals surface area contributed by atoms with Crippen LogP contribution >= 0.6 is 0 Å². The molecule has 5 atom stereocenters. The Bertz CT molecular complexity index is 535. The molecule has 5 unspecified atom stereocenters. The van der Waals surface area contributed by atoms with Gasteiger partial charge < -0.3 is 0 Å². The van der Waals surface area contributed by atoms with Crippen molar-refractivity contribution in [1.29, 1.82) is 0 Å². The van der Waals surface area contributed by atoms with Gasteiger partial charge in [-0.1, -0.05) is 38.5 Å². The van der Waals surface area contributed by atoms with Crippen LogP contribution in [0.4, 0.5) is 0 Å². The molecule has 0 amide bonds. The number of hydrogen-bond acceptors (Lipinski definition) is 0. The van der Waals surface area contributed by atoms with Gasteiger partial charge in [-0.15, -0.1) is 18.8 Å². The van der Waals surface area contributed by atoms with Crippen LogP contribution in [-0.4, -0.2) is 0 Å². The zero-order chi connectivity index (χ0) is 14.6. The SMILES string of the molecule is [2H]C1C(C#CC#C)C(C#CC)C(C#C)(C(C)C)C1C. The molecule has 0 bridgehead atoms. The molecule has 1 saturated carbocycles. The second kappa shape index (κ2) is 5.72. The third kappa shape index (κ3) is 2.13. The van der Waals surface area contributed by atoms with Crippen LogP contribution in [-0.2, 0) is 0 Å². The van der Waals surface area contributed by atoms with E-state index < -0.39 is 5.41 Å². The summed E-state index contributed by atoms with van der Waals surface area (Å²) in [6.45, 7) is 8.05. The molecule has 92 valence electrons. The van der Waals surface area contributed by atoms with Crippen molar-refractivity contribution in [2.24, 2.45) is 29.1 Å². The molecule has 0 nitrogen and oxygen atoms in total. The molecule has 0 aromatic heterocycles. The van der Waals surface area contributed by atoms with Gasteiger partial charge in [0.2, 0.25) is 0 Å².